The third-order valence-corrected chi connectivity index (χ3v) is 3.85. The minimum absolute atomic E-state index is 0.160. The Labute approximate surface area is 146 Å². The number of methoxy groups -OCH3 is 2. The van der Waals surface area contributed by atoms with E-state index in [2.05, 4.69) is 5.32 Å². The van der Waals surface area contributed by atoms with Gasteiger partial charge in [0.1, 0.15) is 11.5 Å². The number of ether oxygens (including phenoxy) is 2. The second-order valence-electron chi connectivity index (χ2n) is 5.56. The summed E-state index contributed by atoms with van der Waals surface area (Å²) in [4.78, 5) is 23.2. The lowest BCUT2D eigenvalue weighted by molar-refractivity contribution is -0.116. The summed E-state index contributed by atoms with van der Waals surface area (Å²) in [5, 5.41) is 11.8. The molecule has 132 valence electrons. The lowest BCUT2D eigenvalue weighted by atomic mass is 10.1. The Balaban J connectivity index is 2.01. The molecular formula is C19H21NO5. The van der Waals surface area contributed by atoms with Gasteiger partial charge in [-0.2, -0.15) is 0 Å². The molecule has 0 fully saturated rings. The SMILES string of the molecule is COc1ccc(OC)c(CCC(=O)Nc2ccc(C(=O)O)c(C)c2)c1. The molecule has 2 aromatic carbocycles. The maximum atomic E-state index is 12.2. The molecule has 0 aromatic heterocycles. The van der Waals surface area contributed by atoms with Crippen molar-refractivity contribution in [3.8, 4) is 11.5 Å². The highest BCUT2D eigenvalue weighted by atomic mass is 16.5. The average molecular weight is 343 g/mol. The van der Waals surface area contributed by atoms with Crippen molar-refractivity contribution in [1.29, 1.82) is 0 Å². The molecule has 6 nitrogen and oxygen atoms in total. The zero-order chi connectivity index (χ0) is 18.4. The fourth-order valence-electron chi connectivity index (χ4n) is 2.53. The van der Waals surface area contributed by atoms with Crippen LogP contribution in [0.5, 0.6) is 11.5 Å². The van der Waals surface area contributed by atoms with E-state index in [9.17, 15) is 9.59 Å². The third-order valence-electron chi connectivity index (χ3n) is 3.85. The summed E-state index contributed by atoms with van der Waals surface area (Å²) in [6.45, 7) is 1.69. The van der Waals surface area contributed by atoms with Crippen molar-refractivity contribution in [3.63, 3.8) is 0 Å². The summed E-state index contributed by atoms with van der Waals surface area (Å²) in [6, 6.07) is 10.2. The molecule has 0 saturated heterocycles. The Bertz CT molecular complexity index is 785. The van der Waals surface area contributed by atoms with Crippen molar-refractivity contribution in [2.75, 3.05) is 19.5 Å². The van der Waals surface area contributed by atoms with Crippen LogP contribution in [-0.2, 0) is 11.2 Å². The van der Waals surface area contributed by atoms with E-state index in [0.29, 0.717) is 29.2 Å². The van der Waals surface area contributed by atoms with Gasteiger partial charge in [0.15, 0.2) is 0 Å². The Morgan fingerprint density at radius 2 is 1.84 bits per heavy atom. The second kappa shape index (κ2) is 8.19. The van der Waals surface area contributed by atoms with Gasteiger partial charge < -0.3 is 19.9 Å². The van der Waals surface area contributed by atoms with Gasteiger partial charge in [-0.05, 0) is 60.9 Å². The summed E-state index contributed by atoms with van der Waals surface area (Å²) in [5.74, 6) is 0.263. The monoisotopic (exact) mass is 343 g/mol. The summed E-state index contributed by atoms with van der Waals surface area (Å²) in [5.41, 5.74) is 2.28. The number of carboxylic acid groups (broad SMARTS) is 1. The molecule has 0 aliphatic carbocycles. The first-order chi connectivity index (χ1) is 11.9. The summed E-state index contributed by atoms with van der Waals surface area (Å²) < 4.78 is 10.5. The van der Waals surface area contributed by atoms with Crippen molar-refractivity contribution in [2.24, 2.45) is 0 Å². The van der Waals surface area contributed by atoms with Crippen LogP contribution in [0.3, 0.4) is 0 Å². The highest BCUT2D eigenvalue weighted by Gasteiger charge is 2.11. The van der Waals surface area contributed by atoms with Crippen LogP contribution in [0.2, 0.25) is 0 Å². The van der Waals surface area contributed by atoms with Gasteiger partial charge >= 0.3 is 5.97 Å². The van der Waals surface area contributed by atoms with E-state index in [1.807, 2.05) is 6.07 Å². The van der Waals surface area contributed by atoms with E-state index in [0.717, 1.165) is 5.56 Å². The van der Waals surface area contributed by atoms with Crippen LogP contribution >= 0.6 is 0 Å². The number of hydrogen-bond acceptors (Lipinski definition) is 4. The van der Waals surface area contributed by atoms with Gasteiger partial charge in [0.05, 0.1) is 19.8 Å². The van der Waals surface area contributed by atoms with Crippen LogP contribution in [-0.4, -0.2) is 31.2 Å². The number of carboxylic acids is 1. The number of carbonyl (C=O) groups is 2. The van der Waals surface area contributed by atoms with Gasteiger partial charge in [0, 0.05) is 12.1 Å². The molecule has 0 atom stereocenters. The predicted molar refractivity (Wildman–Crippen MR) is 94.6 cm³/mol. The molecule has 0 saturated carbocycles. The van der Waals surface area contributed by atoms with Crippen LogP contribution in [0.1, 0.15) is 27.9 Å². The van der Waals surface area contributed by atoms with Gasteiger partial charge in [-0.25, -0.2) is 4.79 Å². The molecule has 2 N–H and O–H groups in total. The zero-order valence-corrected chi connectivity index (χ0v) is 14.5. The molecule has 0 spiro atoms. The molecule has 2 rings (SSSR count). The van der Waals surface area contributed by atoms with E-state index in [-0.39, 0.29) is 17.9 Å². The quantitative estimate of drug-likeness (QED) is 0.806. The fourth-order valence-corrected chi connectivity index (χ4v) is 2.53. The molecule has 1 amide bonds. The molecule has 2 aromatic rings. The molecule has 0 unspecified atom stereocenters. The second-order valence-corrected chi connectivity index (χ2v) is 5.56. The first kappa shape index (κ1) is 18.3. The molecule has 6 heteroatoms. The number of amides is 1. The number of hydrogen-bond donors (Lipinski definition) is 2. The van der Waals surface area contributed by atoms with Gasteiger partial charge in [-0.3, -0.25) is 4.79 Å². The maximum absolute atomic E-state index is 12.2. The summed E-state index contributed by atoms with van der Waals surface area (Å²) in [7, 11) is 3.17. The maximum Gasteiger partial charge on any atom is 0.335 e. The molecule has 0 heterocycles. The largest absolute Gasteiger partial charge is 0.497 e. The molecule has 0 bridgehead atoms. The number of nitrogens with one attached hydrogen (secondary N) is 1. The van der Waals surface area contributed by atoms with Gasteiger partial charge in [-0.15, -0.1) is 0 Å². The van der Waals surface area contributed by atoms with E-state index >= 15 is 0 Å². The molecular weight excluding hydrogens is 322 g/mol. The van der Waals surface area contributed by atoms with Crippen molar-refractivity contribution >= 4 is 17.6 Å². The van der Waals surface area contributed by atoms with Crippen molar-refractivity contribution in [2.45, 2.75) is 19.8 Å². The first-order valence-electron chi connectivity index (χ1n) is 7.79. The van der Waals surface area contributed by atoms with E-state index in [1.165, 1.54) is 6.07 Å². The van der Waals surface area contributed by atoms with Gasteiger partial charge in [-0.1, -0.05) is 0 Å². The Hall–Kier alpha value is -3.02. The Kier molecular flexibility index (Phi) is 6.00. The Morgan fingerprint density at radius 3 is 2.44 bits per heavy atom. The first-order valence-corrected chi connectivity index (χ1v) is 7.79. The highest BCUT2D eigenvalue weighted by Crippen LogP contribution is 2.25. The number of carbonyl (C=O) groups excluding carboxylic acids is 1. The zero-order valence-electron chi connectivity index (χ0n) is 14.5. The van der Waals surface area contributed by atoms with Gasteiger partial charge in [0.25, 0.3) is 0 Å². The lowest BCUT2D eigenvalue weighted by Gasteiger charge is -2.11. The number of benzene rings is 2. The lowest BCUT2D eigenvalue weighted by Crippen LogP contribution is -2.13. The van der Waals surface area contributed by atoms with E-state index in [4.69, 9.17) is 14.6 Å². The van der Waals surface area contributed by atoms with Crippen LogP contribution in [0.4, 0.5) is 5.69 Å². The molecule has 25 heavy (non-hydrogen) atoms. The fraction of sp³-hybridized carbons (Fsp3) is 0.263. The molecule has 0 aliphatic rings. The number of aryl methyl sites for hydroxylation is 2. The van der Waals surface area contributed by atoms with Crippen molar-refractivity contribution in [3.05, 3.63) is 53.1 Å². The summed E-state index contributed by atoms with van der Waals surface area (Å²) in [6.07, 6.45) is 0.766. The molecule has 0 radical (unpaired) electrons. The smallest absolute Gasteiger partial charge is 0.335 e. The van der Waals surface area contributed by atoms with E-state index in [1.54, 1.807) is 45.4 Å². The molecule has 0 aliphatic heterocycles. The Morgan fingerprint density at radius 1 is 1.08 bits per heavy atom. The topological polar surface area (TPSA) is 84.9 Å². The van der Waals surface area contributed by atoms with Crippen LogP contribution in [0.15, 0.2) is 36.4 Å². The van der Waals surface area contributed by atoms with Crippen LogP contribution < -0.4 is 14.8 Å². The highest BCUT2D eigenvalue weighted by molar-refractivity contribution is 5.93. The standard InChI is InChI=1S/C19H21NO5/c1-12-10-14(5-7-16(12)19(22)23)20-18(21)9-4-13-11-15(24-2)6-8-17(13)25-3/h5-8,10-11H,4,9H2,1-3H3,(H,20,21)(H,22,23). The summed E-state index contributed by atoms with van der Waals surface area (Å²) >= 11 is 0. The van der Waals surface area contributed by atoms with Crippen molar-refractivity contribution < 1.29 is 24.2 Å². The van der Waals surface area contributed by atoms with Crippen LogP contribution in [0, 0.1) is 6.92 Å². The minimum Gasteiger partial charge on any atom is -0.497 e. The number of aromatic carboxylic acids is 1. The minimum atomic E-state index is -0.986. The van der Waals surface area contributed by atoms with Crippen molar-refractivity contribution in [1.82, 2.24) is 0 Å². The third kappa shape index (κ3) is 4.73. The van der Waals surface area contributed by atoms with Gasteiger partial charge in [0.2, 0.25) is 5.91 Å². The number of rotatable bonds is 7. The normalized spacial score (nSPS) is 10.2. The number of anilines is 1. The average Bonchev–Trinajstić information content (AvgIpc) is 2.59. The predicted octanol–water partition coefficient (Wildman–Crippen LogP) is 3.28. The van der Waals surface area contributed by atoms with E-state index < -0.39 is 5.97 Å². The van der Waals surface area contributed by atoms with Crippen LogP contribution in [0.25, 0.3) is 0 Å².